The molecule has 3 heteroatoms. The van der Waals surface area contributed by atoms with E-state index >= 15 is 0 Å². The summed E-state index contributed by atoms with van der Waals surface area (Å²) in [6.45, 7) is 2.81. The molecule has 1 heterocycles. The summed E-state index contributed by atoms with van der Waals surface area (Å²) < 4.78 is 5.99. The molecule has 0 spiro atoms. The maximum Gasteiger partial charge on any atom is 0.153 e. The van der Waals surface area contributed by atoms with Gasteiger partial charge in [-0.3, -0.25) is 0 Å². The van der Waals surface area contributed by atoms with Gasteiger partial charge in [0.15, 0.2) is 5.75 Å². The van der Waals surface area contributed by atoms with Crippen molar-refractivity contribution in [2.24, 2.45) is 11.7 Å². The lowest BCUT2D eigenvalue weighted by atomic mass is 10.0. The normalized spacial score (nSPS) is 12.3. The zero-order chi connectivity index (χ0) is 15.4. The zero-order valence-corrected chi connectivity index (χ0v) is 12.7. The predicted molar refractivity (Wildman–Crippen MR) is 90.2 cm³/mol. The first-order valence-electron chi connectivity index (χ1n) is 7.58. The molecule has 3 rings (SSSR count). The minimum absolute atomic E-state index is 0.423. The quantitative estimate of drug-likeness (QED) is 0.768. The number of ether oxygens (including phenoxy) is 1. The van der Waals surface area contributed by atoms with Gasteiger partial charge in [0.05, 0.1) is 0 Å². The van der Waals surface area contributed by atoms with Crippen molar-refractivity contribution in [3.05, 3.63) is 66.4 Å². The van der Waals surface area contributed by atoms with Crippen LogP contribution >= 0.6 is 0 Å². The smallest absolute Gasteiger partial charge is 0.153 e. The van der Waals surface area contributed by atoms with Gasteiger partial charge in [-0.2, -0.15) is 0 Å². The van der Waals surface area contributed by atoms with Crippen LogP contribution in [0.2, 0.25) is 0 Å². The number of hydrogen-bond acceptors (Lipinski definition) is 3. The third-order valence-electron chi connectivity index (χ3n) is 3.67. The standard InChI is InChI=1S/C19H20N2O/c1-14(13-20)12-16-11-10-15-6-5-9-18(19(15)21-16)22-17-7-3-2-4-8-17/h2-11,14H,12-13,20H2,1H3. The van der Waals surface area contributed by atoms with Gasteiger partial charge in [0.1, 0.15) is 11.3 Å². The van der Waals surface area contributed by atoms with E-state index in [2.05, 4.69) is 25.1 Å². The number of nitrogens with zero attached hydrogens (tertiary/aromatic N) is 1. The van der Waals surface area contributed by atoms with Gasteiger partial charge in [0, 0.05) is 11.1 Å². The Morgan fingerprint density at radius 1 is 1.00 bits per heavy atom. The van der Waals surface area contributed by atoms with Gasteiger partial charge in [-0.1, -0.05) is 43.3 Å². The second-order valence-corrected chi connectivity index (χ2v) is 5.59. The van der Waals surface area contributed by atoms with E-state index in [-0.39, 0.29) is 0 Å². The van der Waals surface area contributed by atoms with E-state index in [0.29, 0.717) is 12.5 Å². The third kappa shape index (κ3) is 3.26. The fraction of sp³-hybridized carbons (Fsp3) is 0.211. The van der Waals surface area contributed by atoms with Crippen molar-refractivity contribution in [1.82, 2.24) is 4.98 Å². The number of benzene rings is 2. The monoisotopic (exact) mass is 292 g/mol. The second-order valence-electron chi connectivity index (χ2n) is 5.59. The number of rotatable bonds is 5. The molecule has 112 valence electrons. The summed E-state index contributed by atoms with van der Waals surface area (Å²) in [5, 5.41) is 1.08. The Bertz CT molecular complexity index is 756. The fourth-order valence-corrected chi connectivity index (χ4v) is 2.41. The van der Waals surface area contributed by atoms with E-state index in [9.17, 15) is 0 Å². The van der Waals surface area contributed by atoms with E-state index in [1.807, 2.05) is 42.5 Å². The molecule has 0 aliphatic heterocycles. The second kappa shape index (κ2) is 6.58. The topological polar surface area (TPSA) is 48.1 Å². The van der Waals surface area contributed by atoms with Crippen molar-refractivity contribution >= 4 is 10.9 Å². The Morgan fingerprint density at radius 2 is 1.82 bits per heavy atom. The van der Waals surface area contributed by atoms with Crippen molar-refractivity contribution < 1.29 is 4.74 Å². The highest BCUT2D eigenvalue weighted by molar-refractivity contribution is 5.84. The van der Waals surface area contributed by atoms with Gasteiger partial charge >= 0.3 is 0 Å². The Labute approximate surface area is 130 Å². The molecule has 1 unspecified atom stereocenters. The van der Waals surface area contributed by atoms with Crippen LogP contribution in [-0.4, -0.2) is 11.5 Å². The molecule has 0 radical (unpaired) electrons. The summed E-state index contributed by atoms with van der Waals surface area (Å²) in [4.78, 5) is 4.78. The Hall–Kier alpha value is -2.39. The highest BCUT2D eigenvalue weighted by Gasteiger charge is 2.08. The first-order chi connectivity index (χ1) is 10.8. The molecule has 0 aliphatic carbocycles. The summed E-state index contributed by atoms with van der Waals surface area (Å²) in [7, 11) is 0. The molecule has 0 bridgehead atoms. The largest absolute Gasteiger partial charge is 0.455 e. The van der Waals surface area contributed by atoms with Crippen LogP contribution in [0.4, 0.5) is 0 Å². The molecule has 2 N–H and O–H groups in total. The van der Waals surface area contributed by atoms with E-state index in [1.54, 1.807) is 0 Å². The van der Waals surface area contributed by atoms with Crippen LogP contribution in [-0.2, 0) is 6.42 Å². The van der Waals surface area contributed by atoms with Gasteiger partial charge in [0.2, 0.25) is 0 Å². The fourth-order valence-electron chi connectivity index (χ4n) is 2.41. The molecular weight excluding hydrogens is 272 g/mol. The number of aromatic nitrogens is 1. The van der Waals surface area contributed by atoms with Crippen molar-refractivity contribution in [3.8, 4) is 11.5 Å². The summed E-state index contributed by atoms with van der Waals surface area (Å²) in [5.74, 6) is 2.02. The molecule has 0 saturated carbocycles. The first-order valence-corrected chi connectivity index (χ1v) is 7.58. The maximum absolute atomic E-state index is 5.99. The van der Waals surface area contributed by atoms with Gasteiger partial charge in [-0.05, 0) is 43.1 Å². The Kier molecular flexibility index (Phi) is 4.35. The molecule has 0 amide bonds. The van der Waals surface area contributed by atoms with E-state index in [0.717, 1.165) is 34.5 Å². The number of pyridine rings is 1. The van der Waals surface area contributed by atoms with Crippen LogP contribution in [0.15, 0.2) is 60.7 Å². The molecule has 3 nitrogen and oxygen atoms in total. The average molecular weight is 292 g/mol. The lowest BCUT2D eigenvalue weighted by Gasteiger charge is -2.11. The predicted octanol–water partition coefficient (Wildman–Crippen LogP) is 4.16. The Balaban J connectivity index is 1.97. The van der Waals surface area contributed by atoms with Crippen molar-refractivity contribution in [1.29, 1.82) is 0 Å². The maximum atomic E-state index is 5.99. The molecule has 0 aliphatic rings. The third-order valence-corrected chi connectivity index (χ3v) is 3.67. The molecule has 1 atom stereocenters. The van der Waals surface area contributed by atoms with Crippen LogP contribution in [0.3, 0.4) is 0 Å². The SMILES string of the molecule is CC(CN)Cc1ccc2cccc(Oc3ccccc3)c2n1. The van der Waals surface area contributed by atoms with Gasteiger partial charge in [0.25, 0.3) is 0 Å². The Morgan fingerprint density at radius 3 is 2.59 bits per heavy atom. The molecule has 2 aromatic carbocycles. The van der Waals surface area contributed by atoms with Crippen molar-refractivity contribution in [2.45, 2.75) is 13.3 Å². The molecule has 3 aromatic rings. The van der Waals surface area contributed by atoms with Crippen LogP contribution < -0.4 is 10.5 Å². The first kappa shape index (κ1) is 14.5. The molecular formula is C19H20N2O. The van der Waals surface area contributed by atoms with Crippen LogP contribution in [0.1, 0.15) is 12.6 Å². The molecule has 0 fully saturated rings. The van der Waals surface area contributed by atoms with E-state index in [4.69, 9.17) is 15.5 Å². The number of para-hydroxylation sites is 2. The summed E-state index contributed by atoms with van der Waals surface area (Å²) in [6, 6.07) is 19.9. The van der Waals surface area contributed by atoms with Crippen molar-refractivity contribution in [3.63, 3.8) is 0 Å². The summed E-state index contributed by atoms with van der Waals surface area (Å²) >= 11 is 0. The molecule has 0 saturated heterocycles. The highest BCUT2D eigenvalue weighted by Crippen LogP contribution is 2.28. The lowest BCUT2D eigenvalue weighted by Crippen LogP contribution is -2.13. The van der Waals surface area contributed by atoms with Gasteiger partial charge in [-0.25, -0.2) is 4.98 Å². The van der Waals surface area contributed by atoms with Crippen molar-refractivity contribution in [2.75, 3.05) is 6.54 Å². The number of nitrogens with two attached hydrogens (primary N) is 1. The van der Waals surface area contributed by atoms with Crippen LogP contribution in [0.5, 0.6) is 11.5 Å². The van der Waals surface area contributed by atoms with E-state index < -0.39 is 0 Å². The molecule has 22 heavy (non-hydrogen) atoms. The van der Waals surface area contributed by atoms with Crippen LogP contribution in [0.25, 0.3) is 10.9 Å². The lowest BCUT2D eigenvalue weighted by molar-refractivity contribution is 0.487. The highest BCUT2D eigenvalue weighted by atomic mass is 16.5. The summed E-state index contributed by atoms with van der Waals surface area (Å²) in [6.07, 6.45) is 0.881. The number of fused-ring (bicyclic) bond motifs is 1. The minimum Gasteiger partial charge on any atom is -0.455 e. The van der Waals surface area contributed by atoms with E-state index in [1.165, 1.54) is 0 Å². The van der Waals surface area contributed by atoms with Gasteiger partial charge < -0.3 is 10.5 Å². The summed E-state index contributed by atoms with van der Waals surface area (Å²) in [5.41, 5.74) is 7.66. The average Bonchev–Trinajstić information content (AvgIpc) is 2.56. The molecule has 1 aromatic heterocycles. The van der Waals surface area contributed by atoms with Crippen LogP contribution in [0, 0.1) is 5.92 Å². The minimum atomic E-state index is 0.423. The zero-order valence-electron chi connectivity index (χ0n) is 12.7. The number of hydrogen-bond donors (Lipinski definition) is 1. The van der Waals surface area contributed by atoms with Gasteiger partial charge in [-0.15, -0.1) is 0 Å².